The van der Waals surface area contributed by atoms with Crippen molar-refractivity contribution in [3.05, 3.63) is 53.7 Å². The number of methoxy groups -OCH3 is 1. The summed E-state index contributed by atoms with van der Waals surface area (Å²) < 4.78 is 10.8. The van der Waals surface area contributed by atoms with E-state index >= 15 is 0 Å². The Morgan fingerprint density at radius 2 is 2.11 bits per heavy atom. The summed E-state index contributed by atoms with van der Waals surface area (Å²) in [7, 11) is 1.65. The van der Waals surface area contributed by atoms with Crippen LogP contribution in [0.5, 0.6) is 11.6 Å². The van der Waals surface area contributed by atoms with Gasteiger partial charge in [-0.15, -0.1) is 0 Å². The molecule has 0 spiro atoms. The standard InChI is InChI=1S/C15H18N2O2/c1-11(16)13-6-7-15(17-9-13)19-10-12-4-3-5-14(8-12)18-2/h3-9,11H,10,16H2,1-2H3. The van der Waals surface area contributed by atoms with Crippen molar-refractivity contribution in [3.63, 3.8) is 0 Å². The Morgan fingerprint density at radius 3 is 2.74 bits per heavy atom. The maximum Gasteiger partial charge on any atom is 0.213 e. The molecule has 0 saturated carbocycles. The number of rotatable bonds is 5. The lowest BCUT2D eigenvalue weighted by atomic mass is 10.2. The van der Waals surface area contributed by atoms with Crippen LogP contribution in [0.25, 0.3) is 0 Å². The molecule has 0 aliphatic carbocycles. The minimum absolute atomic E-state index is 0.0139. The van der Waals surface area contributed by atoms with Gasteiger partial charge in [-0.2, -0.15) is 0 Å². The fourth-order valence-corrected chi connectivity index (χ4v) is 1.67. The van der Waals surface area contributed by atoms with Crippen LogP contribution in [-0.2, 0) is 6.61 Å². The summed E-state index contributed by atoms with van der Waals surface area (Å²) in [6, 6.07) is 11.5. The van der Waals surface area contributed by atoms with Crippen molar-refractivity contribution >= 4 is 0 Å². The van der Waals surface area contributed by atoms with Gasteiger partial charge in [-0.25, -0.2) is 4.98 Å². The van der Waals surface area contributed by atoms with Crippen LogP contribution in [0.4, 0.5) is 0 Å². The van der Waals surface area contributed by atoms with Gasteiger partial charge in [-0.1, -0.05) is 18.2 Å². The van der Waals surface area contributed by atoms with Crippen molar-refractivity contribution in [2.45, 2.75) is 19.6 Å². The zero-order valence-electron chi connectivity index (χ0n) is 11.2. The van der Waals surface area contributed by atoms with E-state index in [2.05, 4.69) is 4.98 Å². The zero-order valence-corrected chi connectivity index (χ0v) is 11.2. The highest BCUT2D eigenvalue weighted by molar-refractivity contribution is 5.28. The summed E-state index contributed by atoms with van der Waals surface area (Å²) in [4.78, 5) is 4.22. The van der Waals surface area contributed by atoms with Crippen molar-refractivity contribution in [3.8, 4) is 11.6 Å². The second-order valence-electron chi connectivity index (χ2n) is 4.36. The molecule has 0 amide bonds. The average Bonchev–Trinajstić information content (AvgIpc) is 2.46. The summed E-state index contributed by atoms with van der Waals surface area (Å²) >= 11 is 0. The molecule has 0 saturated heterocycles. The largest absolute Gasteiger partial charge is 0.497 e. The molecule has 100 valence electrons. The topological polar surface area (TPSA) is 57.4 Å². The van der Waals surface area contributed by atoms with E-state index in [0.717, 1.165) is 16.9 Å². The Morgan fingerprint density at radius 1 is 1.26 bits per heavy atom. The van der Waals surface area contributed by atoms with E-state index in [-0.39, 0.29) is 6.04 Å². The maximum absolute atomic E-state index is 5.77. The van der Waals surface area contributed by atoms with Gasteiger partial charge < -0.3 is 15.2 Å². The lowest BCUT2D eigenvalue weighted by Crippen LogP contribution is -2.05. The molecule has 1 heterocycles. The molecule has 2 N–H and O–H groups in total. The van der Waals surface area contributed by atoms with Crippen molar-refractivity contribution in [2.24, 2.45) is 5.73 Å². The molecule has 1 unspecified atom stereocenters. The fraction of sp³-hybridized carbons (Fsp3) is 0.267. The molecule has 0 radical (unpaired) electrons. The molecular formula is C15H18N2O2. The predicted octanol–water partition coefficient (Wildman–Crippen LogP) is 2.69. The third-order valence-corrected chi connectivity index (χ3v) is 2.81. The van der Waals surface area contributed by atoms with Crippen molar-refractivity contribution in [1.82, 2.24) is 4.98 Å². The third kappa shape index (κ3) is 3.69. The second kappa shape index (κ2) is 6.20. The van der Waals surface area contributed by atoms with Gasteiger partial charge >= 0.3 is 0 Å². The number of hydrogen-bond donors (Lipinski definition) is 1. The third-order valence-electron chi connectivity index (χ3n) is 2.81. The molecule has 2 aromatic rings. The summed E-state index contributed by atoms with van der Waals surface area (Å²) in [6.45, 7) is 2.38. The fourth-order valence-electron chi connectivity index (χ4n) is 1.67. The van der Waals surface area contributed by atoms with E-state index < -0.39 is 0 Å². The molecular weight excluding hydrogens is 240 g/mol. The van der Waals surface area contributed by atoms with Crippen LogP contribution >= 0.6 is 0 Å². The highest BCUT2D eigenvalue weighted by Crippen LogP contribution is 2.16. The Kier molecular flexibility index (Phi) is 4.36. The first-order valence-electron chi connectivity index (χ1n) is 6.16. The zero-order chi connectivity index (χ0) is 13.7. The van der Waals surface area contributed by atoms with Gasteiger partial charge in [0, 0.05) is 18.3 Å². The predicted molar refractivity (Wildman–Crippen MR) is 74.2 cm³/mol. The summed E-state index contributed by atoms with van der Waals surface area (Å²) in [5, 5.41) is 0. The first-order chi connectivity index (χ1) is 9.19. The summed E-state index contributed by atoms with van der Waals surface area (Å²) in [6.07, 6.45) is 1.74. The van der Waals surface area contributed by atoms with Crippen molar-refractivity contribution in [1.29, 1.82) is 0 Å². The molecule has 0 aliphatic heterocycles. The number of benzene rings is 1. The Bertz CT molecular complexity index is 524. The molecule has 1 aromatic heterocycles. The summed E-state index contributed by atoms with van der Waals surface area (Å²) in [5.41, 5.74) is 7.80. The molecule has 0 aliphatic rings. The number of nitrogens with zero attached hydrogens (tertiary/aromatic N) is 1. The molecule has 4 nitrogen and oxygen atoms in total. The van der Waals surface area contributed by atoms with Crippen molar-refractivity contribution < 1.29 is 9.47 Å². The lowest BCUT2D eigenvalue weighted by Gasteiger charge is -2.08. The van der Waals surface area contributed by atoms with Crippen LogP contribution in [-0.4, -0.2) is 12.1 Å². The molecule has 1 aromatic carbocycles. The number of hydrogen-bond acceptors (Lipinski definition) is 4. The Balaban J connectivity index is 1.98. The molecule has 0 fully saturated rings. The monoisotopic (exact) mass is 258 g/mol. The van der Waals surface area contributed by atoms with Gasteiger partial charge in [-0.3, -0.25) is 0 Å². The van der Waals surface area contributed by atoms with Gasteiger partial charge in [0.1, 0.15) is 12.4 Å². The molecule has 19 heavy (non-hydrogen) atoms. The number of ether oxygens (including phenoxy) is 2. The smallest absolute Gasteiger partial charge is 0.213 e. The van der Waals surface area contributed by atoms with E-state index in [1.165, 1.54) is 0 Å². The van der Waals surface area contributed by atoms with Crippen molar-refractivity contribution in [2.75, 3.05) is 7.11 Å². The van der Waals surface area contributed by atoms with Crippen LogP contribution in [0.15, 0.2) is 42.6 Å². The van der Waals surface area contributed by atoms with Crippen LogP contribution in [0.1, 0.15) is 24.1 Å². The minimum Gasteiger partial charge on any atom is -0.497 e. The van der Waals surface area contributed by atoms with Gasteiger partial charge in [0.05, 0.1) is 7.11 Å². The number of aromatic nitrogens is 1. The molecule has 2 rings (SSSR count). The minimum atomic E-state index is -0.0139. The van der Waals surface area contributed by atoms with E-state index in [1.807, 2.05) is 43.3 Å². The highest BCUT2D eigenvalue weighted by atomic mass is 16.5. The van der Waals surface area contributed by atoms with Crippen LogP contribution in [0, 0.1) is 0 Å². The second-order valence-corrected chi connectivity index (χ2v) is 4.36. The maximum atomic E-state index is 5.77. The number of pyridine rings is 1. The first-order valence-corrected chi connectivity index (χ1v) is 6.16. The number of nitrogens with two attached hydrogens (primary N) is 1. The molecule has 4 heteroatoms. The van der Waals surface area contributed by atoms with Crippen LogP contribution in [0.3, 0.4) is 0 Å². The van der Waals surface area contributed by atoms with Crippen LogP contribution < -0.4 is 15.2 Å². The van der Waals surface area contributed by atoms with E-state index in [1.54, 1.807) is 13.3 Å². The van der Waals surface area contributed by atoms with Gasteiger partial charge in [0.25, 0.3) is 0 Å². The summed E-state index contributed by atoms with van der Waals surface area (Å²) in [5.74, 6) is 1.41. The first kappa shape index (κ1) is 13.4. The average molecular weight is 258 g/mol. The molecule has 1 atom stereocenters. The van der Waals surface area contributed by atoms with E-state index in [0.29, 0.717) is 12.5 Å². The normalized spacial score (nSPS) is 11.9. The van der Waals surface area contributed by atoms with E-state index in [4.69, 9.17) is 15.2 Å². The Labute approximate surface area is 113 Å². The molecule has 0 bridgehead atoms. The van der Waals surface area contributed by atoms with Gasteiger partial charge in [0.15, 0.2) is 0 Å². The van der Waals surface area contributed by atoms with Gasteiger partial charge in [-0.05, 0) is 30.2 Å². The quantitative estimate of drug-likeness (QED) is 0.895. The lowest BCUT2D eigenvalue weighted by molar-refractivity contribution is 0.293. The Hall–Kier alpha value is -2.07. The van der Waals surface area contributed by atoms with Crippen LogP contribution in [0.2, 0.25) is 0 Å². The highest BCUT2D eigenvalue weighted by Gasteiger charge is 2.02. The SMILES string of the molecule is COc1cccc(COc2ccc(C(C)N)cn2)c1. The van der Waals surface area contributed by atoms with E-state index in [9.17, 15) is 0 Å². The van der Waals surface area contributed by atoms with Gasteiger partial charge in [0.2, 0.25) is 5.88 Å².